The zero-order chi connectivity index (χ0) is 20.6. The summed E-state index contributed by atoms with van der Waals surface area (Å²) in [6.45, 7) is 8.20. The van der Waals surface area contributed by atoms with E-state index in [1.165, 1.54) is 0 Å². The molecule has 1 aromatic carbocycles. The van der Waals surface area contributed by atoms with Gasteiger partial charge >= 0.3 is 0 Å². The predicted octanol–water partition coefficient (Wildman–Crippen LogP) is 3.91. The van der Waals surface area contributed by atoms with Crippen molar-refractivity contribution >= 4 is 11.7 Å². The Morgan fingerprint density at radius 1 is 1.24 bits per heavy atom. The lowest BCUT2D eigenvalue weighted by Gasteiger charge is -2.11. The second-order valence-corrected chi connectivity index (χ2v) is 6.30. The van der Waals surface area contributed by atoms with Gasteiger partial charge in [0.1, 0.15) is 23.6 Å². The molecule has 0 atom stereocenters. The zero-order valence-corrected chi connectivity index (χ0v) is 16.3. The average molecular weight is 389 g/mol. The molecule has 7 heteroatoms. The molecule has 7 nitrogen and oxygen atoms in total. The second-order valence-electron chi connectivity index (χ2n) is 6.30. The van der Waals surface area contributed by atoms with Crippen LogP contribution in [0.15, 0.2) is 68.0 Å². The lowest BCUT2D eigenvalue weighted by molar-refractivity contribution is 0.102. The van der Waals surface area contributed by atoms with E-state index in [0.29, 0.717) is 41.6 Å². The van der Waals surface area contributed by atoms with Gasteiger partial charge in [0.2, 0.25) is 0 Å². The van der Waals surface area contributed by atoms with Crippen LogP contribution in [0.5, 0.6) is 5.75 Å². The number of nitrogens with one attached hydrogen (secondary N) is 1. The van der Waals surface area contributed by atoms with Gasteiger partial charge < -0.3 is 14.6 Å². The fraction of sp³-hybridized carbons (Fsp3) is 0.182. The Morgan fingerprint density at radius 2 is 2.10 bits per heavy atom. The first-order valence-electron chi connectivity index (χ1n) is 9.21. The van der Waals surface area contributed by atoms with Gasteiger partial charge in [0.05, 0.1) is 7.11 Å². The van der Waals surface area contributed by atoms with Gasteiger partial charge in [-0.1, -0.05) is 24.3 Å². The zero-order valence-electron chi connectivity index (χ0n) is 16.3. The fourth-order valence-corrected chi connectivity index (χ4v) is 2.89. The van der Waals surface area contributed by atoms with E-state index in [-0.39, 0.29) is 5.91 Å². The number of allylic oxidation sites excluding steroid dienone is 2. The first-order valence-corrected chi connectivity index (χ1v) is 9.21. The van der Waals surface area contributed by atoms with Crippen LogP contribution in [0.4, 0.5) is 5.82 Å². The van der Waals surface area contributed by atoms with Gasteiger partial charge in [0, 0.05) is 12.1 Å². The van der Waals surface area contributed by atoms with E-state index in [1.54, 1.807) is 31.6 Å². The molecule has 0 saturated heterocycles. The maximum absolute atomic E-state index is 12.9. The van der Waals surface area contributed by atoms with E-state index in [9.17, 15) is 4.79 Å². The van der Waals surface area contributed by atoms with Crippen molar-refractivity contribution in [3.05, 3.63) is 79.2 Å². The summed E-state index contributed by atoms with van der Waals surface area (Å²) in [5, 5.41) is 11.0. The number of benzene rings is 1. The maximum Gasteiger partial charge on any atom is 0.257 e. The Labute approximate surface area is 169 Å². The van der Waals surface area contributed by atoms with Crippen LogP contribution < -0.4 is 10.1 Å². The first-order chi connectivity index (χ1) is 14.2. The molecule has 0 aliphatic heterocycles. The summed E-state index contributed by atoms with van der Waals surface area (Å²) < 4.78 is 7.16. The van der Waals surface area contributed by atoms with Gasteiger partial charge in [-0.15, -0.1) is 23.4 Å². The summed E-state index contributed by atoms with van der Waals surface area (Å²) >= 11 is 0. The number of carbonyl (C=O) groups is 1. The summed E-state index contributed by atoms with van der Waals surface area (Å²) in [5.74, 6) is 1.41. The van der Waals surface area contributed by atoms with Crippen molar-refractivity contribution in [1.29, 1.82) is 0 Å². The van der Waals surface area contributed by atoms with Crippen LogP contribution in [-0.2, 0) is 13.0 Å². The summed E-state index contributed by atoms with van der Waals surface area (Å²) in [6, 6.07) is 10.8. The van der Waals surface area contributed by atoms with Gasteiger partial charge in [-0.25, -0.2) is 4.98 Å². The number of rotatable bonds is 9. The van der Waals surface area contributed by atoms with Crippen LogP contribution in [0.25, 0.3) is 11.5 Å². The molecule has 1 amide bonds. The molecule has 0 radical (unpaired) electrons. The van der Waals surface area contributed by atoms with Crippen LogP contribution in [0, 0.1) is 0 Å². The number of hydrogen-bond acceptors (Lipinski definition) is 5. The number of hydrogen-bond donors (Lipinski definition) is 1. The number of amides is 1. The van der Waals surface area contributed by atoms with Crippen molar-refractivity contribution in [2.24, 2.45) is 0 Å². The summed E-state index contributed by atoms with van der Waals surface area (Å²) in [7, 11) is 1.57. The van der Waals surface area contributed by atoms with Gasteiger partial charge in [0.25, 0.3) is 5.91 Å². The number of methoxy groups -OCH3 is 1. The molecule has 0 aliphatic carbocycles. The van der Waals surface area contributed by atoms with E-state index in [0.717, 1.165) is 12.0 Å². The van der Waals surface area contributed by atoms with Crippen molar-refractivity contribution in [1.82, 2.24) is 19.7 Å². The van der Waals surface area contributed by atoms with E-state index >= 15 is 0 Å². The Kier molecular flexibility index (Phi) is 6.52. The molecular formula is C22H23N5O2. The molecule has 3 rings (SSSR count). The number of aromatic nitrogens is 4. The molecule has 3 aromatic rings. The number of nitrogens with zero attached hydrogens (tertiary/aromatic N) is 4. The molecule has 0 bridgehead atoms. The molecule has 2 heterocycles. The Bertz CT molecular complexity index is 1030. The second kappa shape index (κ2) is 9.45. The molecule has 0 spiro atoms. The van der Waals surface area contributed by atoms with Crippen LogP contribution >= 0.6 is 0 Å². The minimum atomic E-state index is -0.265. The van der Waals surface area contributed by atoms with Crippen molar-refractivity contribution in [3.63, 3.8) is 0 Å². The van der Waals surface area contributed by atoms with Gasteiger partial charge in [-0.05, 0) is 42.7 Å². The molecule has 29 heavy (non-hydrogen) atoms. The van der Waals surface area contributed by atoms with Gasteiger partial charge in [-0.2, -0.15) is 0 Å². The molecule has 2 aromatic heterocycles. The number of pyridine rings is 1. The summed E-state index contributed by atoms with van der Waals surface area (Å²) in [5.41, 5.74) is 2.01. The van der Waals surface area contributed by atoms with Crippen molar-refractivity contribution in [2.75, 3.05) is 12.4 Å². The topological polar surface area (TPSA) is 81.9 Å². The lowest BCUT2D eigenvalue weighted by Crippen LogP contribution is -2.15. The maximum atomic E-state index is 12.9. The molecule has 0 unspecified atom stereocenters. The standard InChI is InChI=1S/C22H23N5O2/c1-4-6-13-27-15-23-26-21(27)19-9-7-10-20(24-19)25-22(28)18-14-17(29-3)12-11-16(18)8-5-2/h4-5,7,9-12,14-15H,1-2,6,8,13H2,3H3,(H,24,25,28). The molecule has 0 aliphatic rings. The monoisotopic (exact) mass is 389 g/mol. The van der Waals surface area contributed by atoms with Crippen molar-refractivity contribution < 1.29 is 9.53 Å². The van der Waals surface area contributed by atoms with Crippen LogP contribution in [0.2, 0.25) is 0 Å². The van der Waals surface area contributed by atoms with E-state index in [2.05, 4.69) is 33.7 Å². The third-order valence-electron chi connectivity index (χ3n) is 4.34. The molecule has 0 fully saturated rings. The predicted molar refractivity (Wildman–Crippen MR) is 113 cm³/mol. The highest BCUT2D eigenvalue weighted by molar-refractivity contribution is 6.05. The van der Waals surface area contributed by atoms with Gasteiger partial charge in [-0.3, -0.25) is 4.79 Å². The molecular weight excluding hydrogens is 366 g/mol. The minimum Gasteiger partial charge on any atom is -0.497 e. The first kappa shape index (κ1) is 20.0. The SMILES string of the molecule is C=CCCn1cnnc1-c1cccc(NC(=O)c2cc(OC)ccc2CC=C)n1. The van der Waals surface area contributed by atoms with Crippen LogP contribution in [0.1, 0.15) is 22.3 Å². The highest BCUT2D eigenvalue weighted by atomic mass is 16.5. The van der Waals surface area contributed by atoms with Gasteiger partial charge in [0.15, 0.2) is 5.82 Å². The van der Waals surface area contributed by atoms with E-state index < -0.39 is 0 Å². The van der Waals surface area contributed by atoms with Crippen molar-refractivity contribution in [2.45, 2.75) is 19.4 Å². The molecule has 148 valence electrons. The Morgan fingerprint density at radius 3 is 2.86 bits per heavy atom. The van der Waals surface area contributed by atoms with Crippen LogP contribution in [-0.4, -0.2) is 32.8 Å². The van der Waals surface area contributed by atoms with E-state index in [1.807, 2.05) is 34.9 Å². The number of carbonyl (C=O) groups excluding carboxylic acids is 1. The fourth-order valence-electron chi connectivity index (χ4n) is 2.89. The summed E-state index contributed by atoms with van der Waals surface area (Å²) in [4.78, 5) is 17.4. The third-order valence-corrected chi connectivity index (χ3v) is 4.34. The largest absolute Gasteiger partial charge is 0.497 e. The highest BCUT2D eigenvalue weighted by Gasteiger charge is 2.15. The number of ether oxygens (including phenoxy) is 1. The quantitative estimate of drug-likeness (QED) is 0.561. The third kappa shape index (κ3) is 4.76. The molecule has 1 N–H and O–H groups in total. The normalized spacial score (nSPS) is 10.4. The smallest absolute Gasteiger partial charge is 0.257 e. The lowest BCUT2D eigenvalue weighted by atomic mass is 10.0. The number of aryl methyl sites for hydroxylation is 1. The Balaban J connectivity index is 1.86. The minimum absolute atomic E-state index is 0.265. The highest BCUT2D eigenvalue weighted by Crippen LogP contribution is 2.21. The summed E-state index contributed by atoms with van der Waals surface area (Å²) in [6.07, 6.45) is 6.62. The molecule has 0 saturated carbocycles. The van der Waals surface area contributed by atoms with Crippen LogP contribution in [0.3, 0.4) is 0 Å². The Hall–Kier alpha value is -3.74. The van der Waals surface area contributed by atoms with Crippen molar-refractivity contribution in [3.8, 4) is 17.3 Å². The number of anilines is 1. The van der Waals surface area contributed by atoms with E-state index in [4.69, 9.17) is 4.74 Å². The average Bonchev–Trinajstić information content (AvgIpc) is 3.21.